The first-order valence-corrected chi connectivity index (χ1v) is 11.7. The number of aliphatic hydroxyl groups is 1. The van der Waals surface area contributed by atoms with Crippen LogP contribution in [-0.4, -0.2) is 21.8 Å². The minimum Gasteiger partial charge on any atom is -0.503 e. The van der Waals surface area contributed by atoms with Crippen molar-refractivity contribution in [2.24, 2.45) is 5.92 Å². The number of carbonyl (C=O) groups excluding carboxylic acids is 2. The van der Waals surface area contributed by atoms with Crippen LogP contribution >= 0.6 is 11.3 Å². The zero-order valence-corrected chi connectivity index (χ0v) is 19.9. The van der Waals surface area contributed by atoms with Crippen molar-refractivity contribution in [2.45, 2.75) is 52.5 Å². The van der Waals surface area contributed by atoms with Gasteiger partial charge in [-0.3, -0.25) is 14.5 Å². The topological polar surface area (TPSA) is 70.5 Å². The number of thiazole rings is 1. The van der Waals surface area contributed by atoms with Crippen molar-refractivity contribution in [1.82, 2.24) is 4.98 Å². The van der Waals surface area contributed by atoms with E-state index in [-0.39, 0.29) is 29.1 Å². The minimum absolute atomic E-state index is 0.0228. The van der Waals surface area contributed by atoms with Gasteiger partial charge in [-0.2, -0.15) is 0 Å². The van der Waals surface area contributed by atoms with E-state index in [4.69, 9.17) is 0 Å². The SMILES string of the molecule is CC(C)CC(=O)C1=C(O)C(=O)N(c2nc3ccccc3s2)C1c1ccc(C(C)(C)C)cc1. The largest absolute Gasteiger partial charge is 0.503 e. The first-order chi connectivity index (χ1) is 15.1. The molecular weight excluding hydrogens is 420 g/mol. The van der Waals surface area contributed by atoms with Crippen LogP contribution in [0.4, 0.5) is 5.13 Å². The highest BCUT2D eigenvalue weighted by molar-refractivity contribution is 7.22. The molecule has 0 bridgehead atoms. The van der Waals surface area contributed by atoms with Crippen molar-refractivity contribution < 1.29 is 14.7 Å². The van der Waals surface area contributed by atoms with Gasteiger partial charge in [-0.25, -0.2) is 4.98 Å². The highest BCUT2D eigenvalue weighted by Gasteiger charge is 2.45. The van der Waals surface area contributed by atoms with Crippen molar-refractivity contribution >= 4 is 38.4 Å². The molecule has 3 aromatic rings. The maximum absolute atomic E-state index is 13.2. The van der Waals surface area contributed by atoms with E-state index < -0.39 is 17.7 Å². The van der Waals surface area contributed by atoms with Crippen LogP contribution in [0.1, 0.15) is 58.2 Å². The standard InChI is InChI=1S/C26H28N2O3S/c1-15(2)14-19(29)21-22(16-10-12-17(13-11-16)26(3,4)5)28(24(31)23(21)30)25-27-18-8-6-7-9-20(18)32-25/h6-13,15,22,30H,14H2,1-5H3. The van der Waals surface area contributed by atoms with Gasteiger partial charge in [0.25, 0.3) is 5.91 Å². The maximum Gasteiger partial charge on any atom is 0.296 e. The zero-order valence-electron chi connectivity index (χ0n) is 19.0. The van der Waals surface area contributed by atoms with Crippen molar-refractivity contribution in [3.63, 3.8) is 0 Å². The summed E-state index contributed by atoms with van der Waals surface area (Å²) in [6.07, 6.45) is 0.261. The van der Waals surface area contributed by atoms with E-state index in [1.165, 1.54) is 16.2 Å². The highest BCUT2D eigenvalue weighted by atomic mass is 32.1. The summed E-state index contributed by atoms with van der Waals surface area (Å²) in [5, 5.41) is 11.3. The maximum atomic E-state index is 13.2. The molecule has 32 heavy (non-hydrogen) atoms. The lowest BCUT2D eigenvalue weighted by atomic mass is 9.85. The van der Waals surface area contributed by atoms with Crippen LogP contribution < -0.4 is 4.90 Å². The summed E-state index contributed by atoms with van der Waals surface area (Å²) in [7, 11) is 0. The number of benzene rings is 2. The number of fused-ring (bicyclic) bond motifs is 1. The molecule has 1 N–H and O–H groups in total. The van der Waals surface area contributed by atoms with Gasteiger partial charge >= 0.3 is 0 Å². The number of aromatic nitrogens is 1. The summed E-state index contributed by atoms with van der Waals surface area (Å²) in [6, 6.07) is 14.9. The Labute approximate surface area is 192 Å². The summed E-state index contributed by atoms with van der Waals surface area (Å²) in [4.78, 5) is 32.5. The Kier molecular flexibility index (Phi) is 5.67. The predicted octanol–water partition coefficient (Wildman–Crippen LogP) is 6.11. The zero-order chi connectivity index (χ0) is 23.2. The van der Waals surface area contributed by atoms with E-state index in [1.54, 1.807) is 0 Å². The molecule has 1 unspecified atom stereocenters. The molecule has 1 aliphatic rings. The van der Waals surface area contributed by atoms with Gasteiger partial charge in [-0.15, -0.1) is 0 Å². The molecule has 0 radical (unpaired) electrons. The second-order valence-electron chi connectivity index (χ2n) is 9.70. The molecule has 1 aliphatic heterocycles. The fraction of sp³-hybridized carbons (Fsp3) is 0.346. The lowest BCUT2D eigenvalue weighted by molar-refractivity contribution is -0.118. The summed E-state index contributed by atoms with van der Waals surface area (Å²) >= 11 is 1.38. The number of amides is 1. The number of carbonyl (C=O) groups is 2. The molecule has 2 aromatic carbocycles. The number of anilines is 1. The molecule has 2 heterocycles. The number of ketones is 1. The summed E-state index contributed by atoms with van der Waals surface area (Å²) in [6.45, 7) is 10.3. The van der Waals surface area contributed by atoms with Crippen LogP contribution in [0.15, 0.2) is 59.9 Å². The number of hydrogen-bond donors (Lipinski definition) is 1. The fourth-order valence-corrected chi connectivity index (χ4v) is 5.00. The Morgan fingerprint density at radius 1 is 1.12 bits per heavy atom. The average Bonchev–Trinajstić information content (AvgIpc) is 3.26. The van der Waals surface area contributed by atoms with Gasteiger partial charge in [0.2, 0.25) is 0 Å². The van der Waals surface area contributed by atoms with Crippen LogP contribution in [0.2, 0.25) is 0 Å². The van der Waals surface area contributed by atoms with Gasteiger partial charge in [-0.05, 0) is 34.6 Å². The summed E-state index contributed by atoms with van der Waals surface area (Å²) in [5.74, 6) is -1.15. The molecule has 0 aliphatic carbocycles. The third kappa shape index (κ3) is 3.95. The first-order valence-electron chi connectivity index (χ1n) is 10.8. The third-order valence-electron chi connectivity index (χ3n) is 5.68. The third-order valence-corrected chi connectivity index (χ3v) is 6.72. The number of hydrogen-bond acceptors (Lipinski definition) is 5. The molecule has 0 fully saturated rings. The Bertz CT molecular complexity index is 1180. The second-order valence-corrected chi connectivity index (χ2v) is 10.7. The second kappa shape index (κ2) is 8.17. The smallest absolute Gasteiger partial charge is 0.296 e. The number of rotatable bonds is 5. The molecule has 1 atom stereocenters. The van der Waals surface area contributed by atoms with Crippen molar-refractivity contribution in [3.05, 3.63) is 71.0 Å². The van der Waals surface area contributed by atoms with Crippen molar-refractivity contribution in [1.29, 1.82) is 0 Å². The Balaban J connectivity index is 1.85. The van der Waals surface area contributed by atoms with Crippen LogP contribution in [0.25, 0.3) is 10.2 Å². The molecule has 5 nitrogen and oxygen atoms in total. The average molecular weight is 449 g/mol. The molecule has 1 amide bonds. The van der Waals surface area contributed by atoms with Gasteiger partial charge < -0.3 is 5.11 Å². The van der Waals surface area contributed by atoms with E-state index in [1.807, 2.05) is 62.4 Å². The molecule has 0 saturated carbocycles. The van der Waals surface area contributed by atoms with Gasteiger partial charge in [0.05, 0.1) is 21.8 Å². The minimum atomic E-state index is -0.705. The van der Waals surface area contributed by atoms with E-state index in [2.05, 4.69) is 25.8 Å². The number of para-hydroxylation sites is 1. The summed E-state index contributed by atoms with van der Waals surface area (Å²) < 4.78 is 0.943. The Hall–Kier alpha value is -2.99. The monoisotopic (exact) mass is 448 g/mol. The van der Waals surface area contributed by atoms with Gasteiger partial charge in [-0.1, -0.05) is 82.4 Å². The Morgan fingerprint density at radius 2 is 1.78 bits per heavy atom. The van der Waals surface area contributed by atoms with Gasteiger partial charge in [0.15, 0.2) is 16.7 Å². The molecule has 166 valence electrons. The molecule has 0 spiro atoms. The molecule has 1 aromatic heterocycles. The number of nitrogens with zero attached hydrogens (tertiary/aromatic N) is 2. The van der Waals surface area contributed by atoms with Crippen LogP contribution in [0.5, 0.6) is 0 Å². The first kappa shape index (κ1) is 22.2. The van der Waals surface area contributed by atoms with Crippen molar-refractivity contribution in [3.8, 4) is 0 Å². The lowest BCUT2D eigenvalue weighted by Gasteiger charge is -2.26. The quantitative estimate of drug-likeness (QED) is 0.511. The summed E-state index contributed by atoms with van der Waals surface area (Å²) in [5.41, 5.74) is 2.85. The van der Waals surface area contributed by atoms with E-state index in [0.717, 1.165) is 21.3 Å². The van der Waals surface area contributed by atoms with Crippen LogP contribution in [-0.2, 0) is 15.0 Å². The van der Waals surface area contributed by atoms with Crippen LogP contribution in [0.3, 0.4) is 0 Å². The van der Waals surface area contributed by atoms with Gasteiger partial charge in [0, 0.05) is 6.42 Å². The molecular formula is C26H28N2O3S. The fourth-order valence-electron chi connectivity index (χ4n) is 4.01. The van der Waals surface area contributed by atoms with E-state index >= 15 is 0 Å². The molecule has 4 rings (SSSR count). The predicted molar refractivity (Wildman–Crippen MR) is 129 cm³/mol. The van der Waals surface area contributed by atoms with Crippen molar-refractivity contribution in [2.75, 3.05) is 4.90 Å². The van der Waals surface area contributed by atoms with Gasteiger partial charge in [0.1, 0.15) is 0 Å². The normalized spacial score (nSPS) is 17.1. The van der Waals surface area contributed by atoms with Crippen LogP contribution in [0, 0.1) is 5.92 Å². The Morgan fingerprint density at radius 3 is 2.38 bits per heavy atom. The molecule has 6 heteroatoms. The molecule has 0 saturated heterocycles. The lowest BCUT2D eigenvalue weighted by Crippen LogP contribution is -2.31. The number of aliphatic hydroxyl groups excluding tert-OH is 1. The number of Topliss-reactive ketones (excluding diaryl/α,β-unsaturated/α-hetero) is 1. The van der Waals surface area contributed by atoms with E-state index in [0.29, 0.717) is 5.13 Å². The highest BCUT2D eigenvalue weighted by Crippen LogP contribution is 2.44. The van der Waals surface area contributed by atoms with E-state index in [9.17, 15) is 14.7 Å².